The van der Waals surface area contributed by atoms with E-state index in [2.05, 4.69) is 19.1 Å². The molecule has 0 aromatic rings. The van der Waals surface area contributed by atoms with Crippen LogP contribution in [0, 0.1) is 0 Å². The lowest BCUT2D eigenvalue weighted by Gasteiger charge is -1.99. The lowest BCUT2D eigenvalue weighted by Crippen LogP contribution is -1.99. The first-order valence-electron chi connectivity index (χ1n) is 9.10. The van der Waals surface area contributed by atoms with Gasteiger partial charge in [0.05, 0.1) is 12.2 Å². The molecule has 4 nitrogen and oxygen atoms in total. The second-order valence-electron chi connectivity index (χ2n) is 5.75. The molecule has 0 rings (SSSR count). The minimum atomic E-state index is -0.821. The second kappa shape index (κ2) is 17.6. The highest BCUT2D eigenvalue weighted by Crippen LogP contribution is 2.00. The molecule has 0 bridgehead atoms. The van der Waals surface area contributed by atoms with Crippen molar-refractivity contribution in [2.75, 3.05) is 0 Å². The van der Waals surface area contributed by atoms with E-state index < -0.39 is 18.2 Å². The van der Waals surface area contributed by atoms with Crippen LogP contribution >= 0.6 is 0 Å². The normalized spacial score (nSPS) is 15.5. The zero-order valence-corrected chi connectivity index (χ0v) is 15.6. The van der Waals surface area contributed by atoms with Gasteiger partial charge in [-0.25, -0.2) is 0 Å². The molecule has 0 aromatic carbocycles. The van der Waals surface area contributed by atoms with Crippen molar-refractivity contribution in [3.63, 3.8) is 0 Å². The number of aliphatic carboxylic acids is 1. The molecule has 0 aliphatic heterocycles. The molecule has 0 heterocycles. The van der Waals surface area contributed by atoms with Crippen molar-refractivity contribution < 1.29 is 20.1 Å². The van der Waals surface area contributed by atoms with Crippen molar-refractivity contribution in [1.29, 1.82) is 0 Å². The highest BCUT2D eigenvalue weighted by atomic mass is 16.4. The molecule has 0 saturated heterocycles. The SMILES string of the molecule is CC/C=C\C/C=C\C[C@H](O)/C=C/C=C\C=C\[C@@H](O)C/C=C\CCC(=O)O. The van der Waals surface area contributed by atoms with Crippen molar-refractivity contribution >= 4 is 5.97 Å². The molecule has 0 aliphatic rings. The van der Waals surface area contributed by atoms with Gasteiger partial charge in [-0.15, -0.1) is 0 Å². The minimum Gasteiger partial charge on any atom is -0.481 e. The van der Waals surface area contributed by atoms with Crippen LogP contribution < -0.4 is 0 Å². The van der Waals surface area contributed by atoms with Crippen LogP contribution in [-0.2, 0) is 4.79 Å². The topological polar surface area (TPSA) is 77.8 Å². The van der Waals surface area contributed by atoms with E-state index in [-0.39, 0.29) is 6.42 Å². The van der Waals surface area contributed by atoms with E-state index in [4.69, 9.17) is 5.11 Å². The molecule has 2 atom stereocenters. The average Bonchev–Trinajstić information content (AvgIpc) is 2.60. The fraction of sp³-hybridized carbons (Fsp3) is 0.409. The Kier molecular flexibility index (Phi) is 16.2. The van der Waals surface area contributed by atoms with Gasteiger partial charge in [-0.3, -0.25) is 4.79 Å². The first kappa shape index (κ1) is 23.8. The van der Waals surface area contributed by atoms with Crippen molar-refractivity contribution in [3.8, 4) is 0 Å². The molecule has 0 aliphatic carbocycles. The number of hydrogen-bond acceptors (Lipinski definition) is 3. The minimum absolute atomic E-state index is 0.106. The molecule has 0 saturated carbocycles. The molecule has 0 radical (unpaired) electrons. The molecule has 0 aromatic heterocycles. The third kappa shape index (κ3) is 18.2. The summed E-state index contributed by atoms with van der Waals surface area (Å²) < 4.78 is 0. The van der Waals surface area contributed by atoms with Gasteiger partial charge < -0.3 is 15.3 Å². The Morgan fingerprint density at radius 1 is 0.808 bits per heavy atom. The van der Waals surface area contributed by atoms with E-state index in [1.165, 1.54) is 0 Å². The number of allylic oxidation sites excluding steroid dienone is 8. The Balaban J connectivity index is 3.91. The summed E-state index contributed by atoms with van der Waals surface area (Å²) in [7, 11) is 0. The third-order valence-electron chi connectivity index (χ3n) is 3.29. The fourth-order valence-electron chi connectivity index (χ4n) is 1.90. The summed E-state index contributed by atoms with van der Waals surface area (Å²) >= 11 is 0. The summed E-state index contributed by atoms with van der Waals surface area (Å²) in [4.78, 5) is 10.3. The van der Waals surface area contributed by atoms with E-state index >= 15 is 0 Å². The van der Waals surface area contributed by atoms with E-state index in [1.54, 1.807) is 48.6 Å². The van der Waals surface area contributed by atoms with Crippen LogP contribution in [0.4, 0.5) is 0 Å². The number of rotatable bonds is 14. The van der Waals surface area contributed by atoms with E-state index in [0.29, 0.717) is 19.3 Å². The summed E-state index contributed by atoms with van der Waals surface area (Å²) in [5, 5.41) is 28.0. The van der Waals surface area contributed by atoms with Crippen LogP contribution in [0.2, 0.25) is 0 Å². The Hall–Kier alpha value is -2.17. The summed E-state index contributed by atoms with van der Waals surface area (Å²) in [5.41, 5.74) is 0. The molecule has 0 spiro atoms. The van der Waals surface area contributed by atoms with Crippen LogP contribution in [0.1, 0.15) is 45.4 Å². The number of carbonyl (C=O) groups is 1. The molecule has 0 unspecified atom stereocenters. The van der Waals surface area contributed by atoms with Gasteiger partial charge in [-0.2, -0.15) is 0 Å². The summed E-state index contributed by atoms with van der Waals surface area (Å²) in [6.45, 7) is 2.10. The van der Waals surface area contributed by atoms with Crippen LogP contribution in [0.5, 0.6) is 0 Å². The molecule has 3 N–H and O–H groups in total. The van der Waals surface area contributed by atoms with Gasteiger partial charge in [0.2, 0.25) is 0 Å². The van der Waals surface area contributed by atoms with Gasteiger partial charge >= 0.3 is 5.97 Å². The van der Waals surface area contributed by atoms with E-state index in [1.807, 2.05) is 12.2 Å². The van der Waals surface area contributed by atoms with Crippen molar-refractivity contribution in [2.24, 2.45) is 0 Å². The van der Waals surface area contributed by atoms with Gasteiger partial charge in [-0.05, 0) is 32.1 Å². The van der Waals surface area contributed by atoms with Crippen LogP contribution in [0.25, 0.3) is 0 Å². The number of hydrogen-bond donors (Lipinski definition) is 3. The van der Waals surface area contributed by atoms with Crippen molar-refractivity contribution in [3.05, 3.63) is 72.9 Å². The molecular formula is C22H32O4. The van der Waals surface area contributed by atoms with Gasteiger partial charge in [0.25, 0.3) is 0 Å². The zero-order chi connectivity index (χ0) is 19.5. The quantitative estimate of drug-likeness (QED) is 0.315. The molecule has 144 valence electrons. The molecule has 26 heavy (non-hydrogen) atoms. The first-order valence-corrected chi connectivity index (χ1v) is 9.10. The Bertz CT molecular complexity index is 524. The maximum atomic E-state index is 10.3. The van der Waals surface area contributed by atoms with Crippen LogP contribution in [0.3, 0.4) is 0 Å². The second-order valence-corrected chi connectivity index (χ2v) is 5.75. The zero-order valence-electron chi connectivity index (χ0n) is 15.6. The predicted molar refractivity (Wildman–Crippen MR) is 108 cm³/mol. The smallest absolute Gasteiger partial charge is 0.303 e. The van der Waals surface area contributed by atoms with Crippen LogP contribution in [-0.4, -0.2) is 33.5 Å². The third-order valence-corrected chi connectivity index (χ3v) is 3.29. The monoisotopic (exact) mass is 360 g/mol. The first-order chi connectivity index (χ1) is 12.6. The Morgan fingerprint density at radius 3 is 1.88 bits per heavy atom. The summed E-state index contributed by atoms with van der Waals surface area (Å²) in [5.74, 6) is -0.821. The number of carboxylic acid groups (broad SMARTS) is 1. The lowest BCUT2D eigenvalue weighted by molar-refractivity contribution is -0.136. The predicted octanol–water partition coefficient (Wildman–Crippen LogP) is 4.49. The molecule has 4 heteroatoms. The summed E-state index contributed by atoms with van der Waals surface area (Å²) in [6.07, 6.45) is 24.7. The maximum absolute atomic E-state index is 10.3. The van der Waals surface area contributed by atoms with Gasteiger partial charge in [0.1, 0.15) is 0 Å². The highest BCUT2D eigenvalue weighted by Gasteiger charge is 1.95. The number of aliphatic hydroxyl groups is 2. The van der Waals surface area contributed by atoms with Crippen molar-refractivity contribution in [2.45, 2.75) is 57.7 Å². The van der Waals surface area contributed by atoms with E-state index in [9.17, 15) is 15.0 Å². The van der Waals surface area contributed by atoms with Gasteiger partial charge in [0.15, 0.2) is 0 Å². The van der Waals surface area contributed by atoms with E-state index in [0.717, 1.165) is 12.8 Å². The number of carboxylic acids is 1. The molecule has 0 fully saturated rings. The standard InChI is InChI=1S/C22H32O4/c1-2-3-4-5-6-10-15-20(23)16-11-7-8-12-17-21(24)18-13-9-14-19-22(25)26/h3-4,6-13,16-17,20-21,23-24H,2,5,14-15,18-19H2,1H3,(H,25,26)/b4-3-,8-7-,10-6-,13-9-,16-11+,17-12+/t20-,21+/m0/s1. The average molecular weight is 360 g/mol. The van der Waals surface area contributed by atoms with Crippen LogP contribution in [0.15, 0.2) is 72.9 Å². The molecule has 0 amide bonds. The summed E-state index contributed by atoms with van der Waals surface area (Å²) in [6, 6.07) is 0. The Labute approximate surface area is 157 Å². The highest BCUT2D eigenvalue weighted by molar-refractivity contribution is 5.66. The van der Waals surface area contributed by atoms with Crippen molar-refractivity contribution in [1.82, 2.24) is 0 Å². The number of aliphatic hydroxyl groups excluding tert-OH is 2. The van der Waals surface area contributed by atoms with Gasteiger partial charge in [-0.1, -0.05) is 79.8 Å². The molecular weight excluding hydrogens is 328 g/mol. The lowest BCUT2D eigenvalue weighted by atomic mass is 10.2. The Morgan fingerprint density at radius 2 is 1.35 bits per heavy atom. The fourth-order valence-corrected chi connectivity index (χ4v) is 1.90. The maximum Gasteiger partial charge on any atom is 0.303 e. The largest absolute Gasteiger partial charge is 0.481 e. The van der Waals surface area contributed by atoms with Gasteiger partial charge in [0, 0.05) is 6.42 Å².